The van der Waals surface area contributed by atoms with Crippen molar-refractivity contribution in [3.05, 3.63) is 38.4 Å². The Kier molecular flexibility index (Phi) is 3.36. The van der Waals surface area contributed by atoms with Crippen LogP contribution in [0.2, 0.25) is 0 Å². The highest BCUT2D eigenvalue weighted by atomic mass is 32.1. The molecule has 2 aromatic rings. The Balaban J connectivity index is 2.12. The summed E-state index contributed by atoms with van der Waals surface area (Å²) in [5, 5.41) is 4.92. The molecule has 0 aromatic carbocycles. The van der Waals surface area contributed by atoms with E-state index in [1.807, 2.05) is 6.20 Å². The van der Waals surface area contributed by atoms with Crippen molar-refractivity contribution >= 4 is 35.0 Å². The Morgan fingerprint density at radius 2 is 2.20 bits per heavy atom. The highest BCUT2D eigenvalue weighted by molar-refractivity contribution is 7.12. The maximum absolute atomic E-state index is 11.4. The molecule has 0 atom stereocenters. The molecule has 1 aliphatic rings. The Labute approximate surface area is 120 Å². The van der Waals surface area contributed by atoms with Gasteiger partial charge in [-0.25, -0.2) is 4.98 Å². The molecule has 0 spiro atoms. The normalized spacial score (nSPS) is 14.4. The first-order valence-corrected chi connectivity index (χ1v) is 7.40. The van der Waals surface area contributed by atoms with Gasteiger partial charge in [-0.2, -0.15) is 0 Å². The summed E-state index contributed by atoms with van der Waals surface area (Å²) < 4.78 is 0. The summed E-state index contributed by atoms with van der Waals surface area (Å²) in [6.07, 6.45) is 8.52. The lowest BCUT2D eigenvalue weighted by molar-refractivity contribution is 0.101. The van der Waals surface area contributed by atoms with Gasteiger partial charge in [0.05, 0.1) is 0 Å². The Bertz CT molecular complexity index is 811. The number of carbonyl (C=O) groups is 1. The summed E-state index contributed by atoms with van der Waals surface area (Å²) in [5.74, 6) is -0.0149. The molecule has 2 aromatic heterocycles. The smallest absolute Gasteiger partial charge is 0.178 e. The molecule has 0 unspecified atom stereocenters. The van der Waals surface area contributed by atoms with Crippen LogP contribution in [0.15, 0.2) is 16.6 Å². The molecule has 1 aliphatic carbocycles. The first-order valence-electron chi connectivity index (χ1n) is 6.52. The minimum absolute atomic E-state index is 0.0149. The molecule has 0 amide bonds. The monoisotopic (exact) mass is 285 g/mol. The van der Waals surface area contributed by atoms with Crippen molar-refractivity contribution in [1.29, 1.82) is 0 Å². The zero-order chi connectivity index (χ0) is 14.1. The molecule has 4 nitrogen and oxygen atoms in total. The van der Waals surface area contributed by atoms with Crippen molar-refractivity contribution in [2.24, 2.45) is 4.99 Å². The van der Waals surface area contributed by atoms with E-state index in [1.54, 1.807) is 12.4 Å². The molecule has 1 N–H and O–H groups in total. The van der Waals surface area contributed by atoms with E-state index in [4.69, 9.17) is 0 Å². The van der Waals surface area contributed by atoms with E-state index in [1.165, 1.54) is 23.5 Å². The highest BCUT2D eigenvalue weighted by Gasteiger charge is 2.15. The minimum atomic E-state index is -0.0149. The lowest BCUT2D eigenvalue weighted by atomic mass is 10.1. The summed E-state index contributed by atoms with van der Waals surface area (Å²) in [7, 11) is 1.76. The third-order valence-corrected chi connectivity index (χ3v) is 4.21. The van der Waals surface area contributed by atoms with Gasteiger partial charge < -0.3 is 4.98 Å². The van der Waals surface area contributed by atoms with Gasteiger partial charge >= 0.3 is 0 Å². The van der Waals surface area contributed by atoms with Crippen LogP contribution in [0.4, 0.5) is 0 Å². The molecule has 2 heterocycles. The fourth-order valence-corrected chi connectivity index (χ4v) is 3.27. The molecule has 5 heteroatoms. The van der Waals surface area contributed by atoms with Crippen LogP contribution in [-0.2, 0) is 0 Å². The number of aromatic amines is 1. The number of rotatable bonds is 3. The second-order valence-electron chi connectivity index (χ2n) is 4.68. The molecule has 0 bridgehead atoms. The van der Waals surface area contributed by atoms with Gasteiger partial charge in [-0.15, -0.1) is 11.3 Å². The molecule has 20 heavy (non-hydrogen) atoms. The number of thiazole rings is 1. The van der Waals surface area contributed by atoms with Crippen molar-refractivity contribution in [2.45, 2.75) is 19.8 Å². The molecule has 3 rings (SSSR count). The number of fused-ring (bicyclic) bond motifs is 1. The fraction of sp³-hybridized carbons (Fsp3) is 0.267. The SMILES string of the molecule is CN=C(c1nc(C(C)=O)cs1)c1c[nH]c2c1=CCCC=2. The summed E-state index contributed by atoms with van der Waals surface area (Å²) in [5.41, 5.74) is 2.40. The van der Waals surface area contributed by atoms with E-state index in [9.17, 15) is 4.79 Å². The largest absolute Gasteiger partial charge is 0.361 e. The molecule has 0 aliphatic heterocycles. The van der Waals surface area contributed by atoms with Gasteiger partial charge in [-0.3, -0.25) is 9.79 Å². The van der Waals surface area contributed by atoms with E-state index >= 15 is 0 Å². The average molecular weight is 285 g/mol. The number of H-pyrrole nitrogens is 1. The van der Waals surface area contributed by atoms with Gasteiger partial charge in [0.1, 0.15) is 16.4 Å². The number of aromatic nitrogens is 2. The van der Waals surface area contributed by atoms with Gasteiger partial charge in [-0.05, 0) is 12.8 Å². The predicted molar refractivity (Wildman–Crippen MR) is 81.9 cm³/mol. The quantitative estimate of drug-likeness (QED) is 0.686. The standard InChI is InChI=1S/C15H15N3OS/c1-9(19)13-8-20-15(18-13)14(16-2)11-7-17-12-6-4-3-5-10(11)12/h5-8,17H,3-4H2,1-2H3. The lowest BCUT2D eigenvalue weighted by Gasteiger charge is -2.01. The van der Waals surface area contributed by atoms with Crippen molar-refractivity contribution in [3.63, 3.8) is 0 Å². The van der Waals surface area contributed by atoms with Gasteiger partial charge in [0.2, 0.25) is 0 Å². The second kappa shape index (κ2) is 5.17. The molecular formula is C15H15N3OS. The number of aliphatic imine (C=N–C) groups is 1. The topological polar surface area (TPSA) is 58.1 Å². The Morgan fingerprint density at radius 1 is 1.40 bits per heavy atom. The zero-order valence-electron chi connectivity index (χ0n) is 11.4. The van der Waals surface area contributed by atoms with Gasteiger partial charge in [-0.1, -0.05) is 12.2 Å². The molecule has 0 fully saturated rings. The third kappa shape index (κ3) is 2.14. The van der Waals surface area contributed by atoms with Crippen molar-refractivity contribution in [3.8, 4) is 0 Å². The average Bonchev–Trinajstić information content (AvgIpc) is 3.08. The fourth-order valence-electron chi connectivity index (χ4n) is 2.37. The van der Waals surface area contributed by atoms with Crippen LogP contribution in [0, 0.1) is 0 Å². The van der Waals surface area contributed by atoms with Crippen LogP contribution >= 0.6 is 11.3 Å². The first-order chi connectivity index (χ1) is 9.70. The molecule has 0 radical (unpaired) electrons. The minimum Gasteiger partial charge on any atom is -0.361 e. The van der Waals surface area contributed by atoms with Gasteiger partial charge in [0.25, 0.3) is 0 Å². The maximum atomic E-state index is 11.4. The van der Waals surface area contributed by atoms with Crippen LogP contribution < -0.4 is 10.6 Å². The molecular weight excluding hydrogens is 270 g/mol. The number of nitrogens with zero attached hydrogens (tertiary/aromatic N) is 2. The number of hydrogen-bond donors (Lipinski definition) is 1. The number of ketones is 1. The summed E-state index contributed by atoms with van der Waals surface area (Å²) in [6, 6.07) is 0. The van der Waals surface area contributed by atoms with E-state index in [2.05, 4.69) is 27.1 Å². The Hall–Kier alpha value is -2.01. The highest BCUT2D eigenvalue weighted by Crippen LogP contribution is 2.14. The van der Waals surface area contributed by atoms with E-state index < -0.39 is 0 Å². The molecule has 102 valence electrons. The number of hydrogen-bond acceptors (Lipinski definition) is 4. The van der Waals surface area contributed by atoms with E-state index in [0.717, 1.165) is 34.5 Å². The van der Waals surface area contributed by atoms with Crippen molar-refractivity contribution in [1.82, 2.24) is 9.97 Å². The number of carbonyl (C=O) groups excluding carboxylic acids is 1. The second-order valence-corrected chi connectivity index (χ2v) is 5.54. The summed E-state index contributed by atoms with van der Waals surface area (Å²) in [4.78, 5) is 23.4. The summed E-state index contributed by atoms with van der Waals surface area (Å²) >= 11 is 1.46. The lowest BCUT2D eigenvalue weighted by Crippen LogP contribution is -2.29. The van der Waals surface area contributed by atoms with E-state index in [0.29, 0.717) is 5.69 Å². The predicted octanol–water partition coefficient (Wildman–Crippen LogP) is 1.50. The van der Waals surface area contributed by atoms with Gasteiger partial charge in [0, 0.05) is 41.7 Å². The zero-order valence-corrected chi connectivity index (χ0v) is 12.3. The van der Waals surface area contributed by atoms with Crippen LogP contribution in [0.25, 0.3) is 12.2 Å². The van der Waals surface area contributed by atoms with Crippen LogP contribution in [0.3, 0.4) is 0 Å². The maximum Gasteiger partial charge on any atom is 0.178 e. The van der Waals surface area contributed by atoms with Crippen LogP contribution in [0.1, 0.15) is 40.8 Å². The van der Waals surface area contributed by atoms with Gasteiger partial charge in [0.15, 0.2) is 5.78 Å². The number of nitrogens with one attached hydrogen (secondary N) is 1. The Morgan fingerprint density at radius 3 is 2.90 bits per heavy atom. The molecule has 0 saturated carbocycles. The third-order valence-electron chi connectivity index (χ3n) is 3.36. The van der Waals surface area contributed by atoms with Crippen LogP contribution in [0.5, 0.6) is 0 Å². The van der Waals surface area contributed by atoms with Crippen LogP contribution in [-0.4, -0.2) is 28.5 Å². The summed E-state index contributed by atoms with van der Waals surface area (Å²) in [6.45, 7) is 1.53. The number of Topliss-reactive ketones (excluding diaryl/α,β-unsaturated/α-hetero) is 1. The van der Waals surface area contributed by atoms with Crippen molar-refractivity contribution < 1.29 is 4.79 Å². The van der Waals surface area contributed by atoms with Crippen molar-refractivity contribution in [2.75, 3.05) is 7.05 Å². The first kappa shape index (κ1) is 13.0. The van der Waals surface area contributed by atoms with E-state index in [-0.39, 0.29) is 5.78 Å². The molecule has 0 saturated heterocycles.